The predicted molar refractivity (Wildman–Crippen MR) is 228 cm³/mol. The second kappa shape index (κ2) is 12.9. The third kappa shape index (κ3) is 4.91. The Morgan fingerprint density at radius 2 is 0.911 bits per heavy atom. The maximum absolute atomic E-state index is 6.57. The van der Waals surface area contributed by atoms with Crippen LogP contribution in [0.2, 0.25) is 0 Å². The van der Waals surface area contributed by atoms with Crippen LogP contribution in [0.4, 0.5) is 0 Å². The van der Waals surface area contributed by atoms with Crippen LogP contribution in [0, 0.1) is 0 Å². The molecule has 3 heteroatoms. The van der Waals surface area contributed by atoms with Gasteiger partial charge >= 0.3 is 0 Å². The summed E-state index contributed by atoms with van der Waals surface area (Å²) in [5.74, 6) is 0.661. The Morgan fingerprint density at radius 3 is 1.57 bits per heavy atom. The lowest BCUT2D eigenvalue weighted by molar-refractivity contribution is 0.669. The summed E-state index contributed by atoms with van der Waals surface area (Å²) in [7, 11) is 0. The van der Waals surface area contributed by atoms with Gasteiger partial charge in [-0.25, -0.2) is 9.97 Å². The van der Waals surface area contributed by atoms with E-state index in [0.29, 0.717) is 5.82 Å². The highest BCUT2D eigenvalue weighted by atomic mass is 16.3. The Bertz CT molecular complexity index is 2960. The number of hydrogen-bond acceptors (Lipinski definition) is 3. The molecule has 10 aromatic rings. The average molecular weight is 715 g/mol. The molecule has 2 aromatic heterocycles. The molecule has 11 rings (SSSR count). The lowest BCUT2D eigenvalue weighted by atomic mass is 9.67. The first-order chi connectivity index (χ1) is 27.8. The lowest BCUT2D eigenvalue weighted by Gasteiger charge is -2.34. The van der Waals surface area contributed by atoms with Crippen molar-refractivity contribution in [2.75, 3.05) is 0 Å². The van der Waals surface area contributed by atoms with Gasteiger partial charge in [-0.1, -0.05) is 176 Å². The summed E-state index contributed by atoms with van der Waals surface area (Å²) in [5.41, 5.74) is 15.5. The SMILES string of the molecule is c1ccc(-c2cc(-c3ccccc3)nc(-c3ccc4oc5ccccc5c4c3-c3ccc4c(c3)C(c3ccccc3)(c3ccccc3)c3ccccc3-4)n2)cc1. The van der Waals surface area contributed by atoms with E-state index in [-0.39, 0.29) is 0 Å². The zero-order chi connectivity index (χ0) is 37.1. The molecule has 0 spiro atoms. The Hall–Kier alpha value is -7.36. The molecule has 0 bridgehead atoms. The van der Waals surface area contributed by atoms with Crippen molar-refractivity contribution in [3.63, 3.8) is 0 Å². The van der Waals surface area contributed by atoms with Gasteiger partial charge in [-0.2, -0.15) is 0 Å². The van der Waals surface area contributed by atoms with Gasteiger partial charge in [0.1, 0.15) is 11.2 Å². The third-order valence-corrected chi connectivity index (χ3v) is 11.4. The van der Waals surface area contributed by atoms with Crippen molar-refractivity contribution < 1.29 is 4.42 Å². The van der Waals surface area contributed by atoms with E-state index in [1.807, 2.05) is 24.3 Å². The van der Waals surface area contributed by atoms with E-state index in [9.17, 15) is 0 Å². The molecule has 0 fully saturated rings. The zero-order valence-electron chi connectivity index (χ0n) is 30.4. The van der Waals surface area contributed by atoms with Crippen molar-refractivity contribution in [2.45, 2.75) is 5.41 Å². The van der Waals surface area contributed by atoms with Crippen LogP contribution in [-0.4, -0.2) is 9.97 Å². The molecule has 2 heterocycles. The quantitative estimate of drug-likeness (QED) is 0.172. The van der Waals surface area contributed by atoms with Gasteiger partial charge in [-0.05, 0) is 69.3 Å². The van der Waals surface area contributed by atoms with Crippen LogP contribution in [0.3, 0.4) is 0 Å². The maximum atomic E-state index is 6.57. The highest BCUT2D eigenvalue weighted by Crippen LogP contribution is 2.57. The Morgan fingerprint density at radius 1 is 0.375 bits per heavy atom. The molecule has 0 unspecified atom stereocenters. The second-order valence-corrected chi connectivity index (χ2v) is 14.4. The maximum Gasteiger partial charge on any atom is 0.161 e. The molecule has 8 aromatic carbocycles. The number of aromatic nitrogens is 2. The van der Waals surface area contributed by atoms with Gasteiger partial charge < -0.3 is 4.42 Å². The molecule has 0 aliphatic heterocycles. The fraction of sp³-hybridized carbons (Fsp3) is 0.0189. The fourth-order valence-corrected chi connectivity index (χ4v) is 8.98. The summed E-state index contributed by atoms with van der Waals surface area (Å²) < 4.78 is 6.57. The van der Waals surface area contributed by atoms with Crippen LogP contribution in [-0.2, 0) is 5.41 Å². The van der Waals surface area contributed by atoms with Gasteiger partial charge in [0.15, 0.2) is 5.82 Å². The lowest BCUT2D eigenvalue weighted by Crippen LogP contribution is -2.28. The van der Waals surface area contributed by atoms with Crippen molar-refractivity contribution in [1.82, 2.24) is 9.97 Å². The first-order valence-corrected chi connectivity index (χ1v) is 19.1. The van der Waals surface area contributed by atoms with E-state index in [4.69, 9.17) is 14.4 Å². The monoisotopic (exact) mass is 714 g/mol. The van der Waals surface area contributed by atoms with Crippen molar-refractivity contribution in [3.05, 3.63) is 229 Å². The Kier molecular flexibility index (Phi) is 7.39. The number of fused-ring (bicyclic) bond motifs is 6. The number of rotatable bonds is 6. The first-order valence-electron chi connectivity index (χ1n) is 19.1. The Labute approximate surface area is 325 Å². The van der Waals surface area contributed by atoms with Crippen molar-refractivity contribution in [3.8, 4) is 56.2 Å². The molecule has 0 saturated carbocycles. The van der Waals surface area contributed by atoms with E-state index >= 15 is 0 Å². The molecule has 0 radical (unpaired) electrons. The van der Waals surface area contributed by atoms with Gasteiger partial charge in [0, 0.05) is 33.0 Å². The largest absolute Gasteiger partial charge is 0.456 e. The minimum Gasteiger partial charge on any atom is -0.456 e. The van der Waals surface area contributed by atoms with Crippen molar-refractivity contribution in [2.24, 2.45) is 0 Å². The summed E-state index contributed by atoms with van der Waals surface area (Å²) in [4.78, 5) is 10.7. The molecule has 0 N–H and O–H groups in total. The number of para-hydroxylation sites is 1. The van der Waals surface area contributed by atoms with E-state index in [0.717, 1.165) is 61.1 Å². The normalized spacial score (nSPS) is 12.8. The predicted octanol–water partition coefficient (Wildman–Crippen LogP) is 13.4. The third-order valence-electron chi connectivity index (χ3n) is 11.4. The van der Waals surface area contributed by atoms with Gasteiger partial charge in [0.2, 0.25) is 0 Å². The van der Waals surface area contributed by atoms with E-state index in [2.05, 4.69) is 182 Å². The topological polar surface area (TPSA) is 38.9 Å². The summed E-state index contributed by atoms with van der Waals surface area (Å²) in [6.45, 7) is 0. The van der Waals surface area contributed by atoms with E-state index < -0.39 is 5.41 Å². The van der Waals surface area contributed by atoms with Crippen LogP contribution < -0.4 is 0 Å². The van der Waals surface area contributed by atoms with Gasteiger partial charge in [-0.3, -0.25) is 0 Å². The van der Waals surface area contributed by atoms with Crippen LogP contribution in [0.25, 0.3) is 78.1 Å². The van der Waals surface area contributed by atoms with Gasteiger partial charge in [0.05, 0.1) is 16.8 Å². The Balaban J connectivity index is 1.24. The molecular formula is C53H34N2O. The minimum absolute atomic E-state index is 0.540. The van der Waals surface area contributed by atoms with Crippen LogP contribution in [0.5, 0.6) is 0 Å². The molecule has 3 nitrogen and oxygen atoms in total. The summed E-state index contributed by atoms with van der Waals surface area (Å²) >= 11 is 0. The molecule has 0 amide bonds. The fourth-order valence-electron chi connectivity index (χ4n) is 8.98. The minimum atomic E-state index is -0.540. The van der Waals surface area contributed by atoms with Crippen LogP contribution in [0.1, 0.15) is 22.3 Å². The highest BCUT2D eigenvalue weighted by molar-refractivity contribution is 6.16. The zero-order valence-corrected chi connectivity index (χ0v) is 30.4. The second-order valence-electron chi connectivity index (χ2n) is 14.4. The van der Waals surface area contributed by atoms with E-state index in [1.165, 1.54) is 33.4 Å². The number of nitrogens with zero attached hydrogens (tertiary/aromatic N) is 2. The summed E-state index contributed by atoms with van der Waals surface area (Å²) in [5, 5.41) is 2.11. The molecule has 0 saturated heterocycles. The van der Waals surface area contributed by atoms with Gasteiger partial charge in [0.25, 0.3) is 0 Å². The smallest absolute Gasteiger partial charge is 0.161 e. The standard InChI is InChI=1S/C53H34N2O/c1-5-17-35(18-6-1)46-34-47(36-19-7-2-8-20-36)55-52(54-46)43-31-32-49-51(42-26-14-16-28-48(42)56-49)50(43)37-29-30-41-40-25-13-15-27-44(40)53(45(41)33-37,38-21-9-3-10-22-38)39-23-11-4-12-24-39/h1-34H. The van der Waals surface area contributed by atoms with Crippen molar-refractivity contribution in [1.29, 1.82) is 0 Å². The average Bonchev–Trinajstić information content (AvgIpc) is 3.81. The van der Waals surface area contributed by atoms with E-state index in [1.54, 1.807) is 0 Å². The highest BCUT2D eigenvalue weighted by Gasteiger charge is 2.46. The number of benzene rings is 8. The summed E-state index contributed by atoms with van der Waals surface area (Å²) in [6.07, 6.45) is 0. The number of hydrogen-bond donors (Lipinski definition) is 0. The van der Waals surface area contributed by atoms with Crippen LogP contribution in [0.15, 0.2) is 211 Å². The van der Waals surface area contributed by atoms with Gasteiger partial charge in [-0.15, -0.1) is 0 Å². The first kappa shape index (κ1) is 32.1. The molecule has 0 atom stereocenters. The van der Waals surface area contributed by atoms with Crippen molar-refractivity contribution >= 4 is 21.9 Å². The molecule has 262 valence electrons. The molecular weight excluding hydrogens is 681 g/mol. The molecule has 1 aliphatic carbocycles. The number of furan rings is 1. The molecule has 56 heavy (non-hydrogen) atoms. The van der Waals surface area contributed by atoms with Crippen LogP contribution >= 0.6 is 0 Å². The summed E-state index contributed by atoms with van der Waals surface area (Å²) in [6, 6.07) is 73.2. The molecule has 1 aliphatic rings.